The molecule has 6 nitrogen and oxygen atoms in total. The van der Waals surface area contributed by atoms with Gasteiger partial charge in [0.15, 0.2) is 5.78 Å². The van der Waals surface area contributed by atoms with Gasteiger partial charge in [-0.05, 0) is 54.7 Å². The molecule has 0 aromatic heterocycles. The number of ketones is 1. The summed E-state index contributed by atoms with van der Waals surface area (Å²) < 4.78 is 32.2. The smallest absolute Gasteiger partial charge is 0.185 e. The Balaban J connectivity index is 1.53. The summed E-state index contributed by atoms with van der Waals surface area (Å²) in [6.07, 6.45) is 13.4. The molecule has 0 saturated heterocycles. The highest BCUT2D eigenvalue weighted by molar-refractivity contribution is 7.85. The monoisotopic (exact) mass is 505 g/mol. The zero-order chi connectivity index (χ0) is 26.1. The minimum absolute atomic E-state index is 0.101. The van der Waals surface area contributed by atoms with E-state index >= 15 is 0 Å². The minimum atomic E-state index is -4.18. The van der Waals surface area contributed by atoms with Gasteiger partial charge in [-0.1, -0.05) is 60.7 Å². The summed E-state index contributed by atoms with van der Waals surface area (Å²) in [6.45, 7) is 0.485. The predicted octanol–water partition coefficient (Wildman–Crippen LogP) is 5.07. The molecule has 0 radical (unpaired) electrons. The molecular weight excluding hydrogens is 472 g/mol. The lowest BCUT2D eigenvalue weighted by atomic mass is 10.1. The molecular formula is C29H33N2O4S-. The molecule has 1 aliphatic rings. The molecule has 190 valence electrons. The van der Waals surface area contributed by atoms with Gasteiger partial charge >= 0.3 is 0 Å². The molecule has 0 bridgehead atoms. The Labute approximate surface area is 214 Å². The summed E-state index contributed by atoms with van der Waals surface area (Å²) in [5.41, 5.74) is 5.81. The van der Waals surface area contributed by atoms with Crippen molar-refractivity contribution in [2.24, 2.45) is 0 Å². The van der Waals surface area contributed by atoms with Gasteiger partial charge in [0, 0.05) is 56.0 Å². The Morgan fingerprint density at radius 3 is 1.72 bits per heavy atom. The van der Waals surface area contributed by atoms with Crippen LogP contribution in [0.1, 0.15) is 30.4 Å². The Bertz CT molecular complexity index is 1270. The molecule has 0 unspecified atom stereocenters. The van der Waals surface area contributed by atoms with E-state index in [1.165, 1.54) is 0 Å². The number of Topliss-reactive ketones (excluding diaryl/α,β-unsaturated/α-hetero) is 1. The van der Waals surface area contributed by atoms with Crippen LogP contribution in [0.4, 0.5) is 11.4 Å². The molecule has 0 spiro atoms. The number of hydrogen-bond donors (Lipinski definition) is 0. The lowest BCUT2D eigenvalue weighted by Gasteiger charge is -2.19. The molecule has 0 N–H and O–H groups in total. The lowest BCUT2D eigenvalue weighted by Crippen LogP contribution is -2.21. The van der Waals surface area contributed by atoms with E-state index in [1.54, 1.807) is 0 Å². The maximum absolute atomic E-state index is 12.7. The van der Waals surface area contributed by atoms with Crippen LogP contribution in [-0.4, -0.2) is 52.2 Å². The number of carbonyl (C=O) groups excluding carboxylic acids is 1. The fraction of sp³-hybridized carbons (Fsp3) is 0.276. The average Bonchev–Trinajstić information content (AvgIpc) is 3.18. The van der Waals surface area contributed by atoms with Crippen LogP contribution < -0.4 is 9.80 Å². The van der Waals surface area contributed by atoms with Crippen LogP contribution in [0.3, 0.4) is 0 Å². The van der Waals surface area contributed by atoms with E-state index < -0.39 is 10.1 Å². The number of rotatable bonds is 10. The third-order valence-corrected chi connectivity index (χ3v) is 6.84. The summed E-state index contributed by atoms with van der Waals surface area (Å²) >= 11 is 0. The predicted molar refractivity (Wildman–Crippen MR) is 148 cm³/mol. The van der Waals surface area contributed by atoms with Crippen LogP contribution in [-0.2, 0) is 14.9 Å². The first-order chi connectivity index (χ1) is 17.1. The van der Waals surface area contributed by atoms with E-state index in [2.05, 4.69) is 29.2 Å². The number of allylic oxidation sites excluding steroid dienone is 6. The van der Waals surface area contributed by atoms with Crippen molar-refractivity contribution in [2.45, 2.75) is 19.3 Å². The topological polar surface area (TPSA) is 80.8 Å². The van der Waals surface area contributed by atoms with Gasteiger partial charge in [-0.15, -0.1) is 0 Å². The summed E-state index contributed by atoms with van der Waals surface area (Å²) in [5.74, 6) is -0.256. The van der Waals surface area contributed by atoms with Gasteiger partial charge in [0.05, 0.1) is 10.1 Å². The van der Waals surface area contributed by atoms with Crippen LogP contribution >= 0.6 is 0 Å². The van der Waals surface area contributed by atoms with Gasteiger partial charge in [0.1, 0.15) is 0 Å². The van der Waals surface area contributed by atoms with Gasteiger partial charge in [-0.3, -0.25) is 4.79 Å². The van der Waals surface area contributed by atoms with Crippen molar-refractivity contribution in [3.05, 3.63) is 95.1 Å². The van der Waals surface area contributed by atoms with Gasteiger partial charge in [-0.25, -0.2) is 8.42 Å². The normalized spacial score (nSPS) is 16.6. The highest BCUT2D eigenvalue weighted by atomic mass is 32.2. The van der Waals surface area contributed by atoms with Crippen molar-refractivity contribution >= 4 is 39.4 Å². The summed E-state index contributed by atoms with van der Waals surface area (Å²) in [6, 6.07) is 16.1. The van der Waals surface area contributed by atoms with Crippen LogP contribution in [0.25, 0.3) is 12.2 Å². The van der Waals surface area contributed by atoms with E-state index in [9.17, 15) is 17.8 Å². The zero-order valence-electron chi connectivity index (χ0n) is 21.1. The lowest BCUT2D eigenvalue weighted by molar-refractivity contribution is -0.111. The minimum Gasteiger partial charge on any atom is -0.748 e. The molecule has 0 aliphatic heterocycles. The van der Waals surface area contributed by atoms with E-state index in [4.69, 9.17) is 0 Å². The van der Waals surface area contributed by atoms with Crippen molar-refractivity contribution in [3.8, 4) is 0 Å². The molecule has 0 atom stereocenters. The zero-order valence-corrected chi connectivity index (χ0v) is 21.9. The van der Waals surface area contributed by atoms with Crippen molar-refractivity contribution in [2.75, 3.05) is 43.2 Å². The summed E-state index contributed by atoms with van der Waals surface area (Å²) in [7, 11) is 1.71. The fourth-order valence-corrected chi connectivity index (χ4v) is 4.39. The molecule has 2 aromatic carbocycles. The summed E-state index contributed by atoms with van der Waals surface area (Å²) in [4.78, 5) is 16.7. The Hall–Kier alpha value is -3.42. The Kier molecular flexibility index (Phi) is 9.44. The van der Waals surface area contributed by atoms with Gasteiger partial charge < -0.3 is 14.4 Å². The number of anilines is 2. The van der Waals surface area contributed by atoms with Crippen molar-refractivity contribution in [1.82, 2.24) is 0 Å². The van der Waals surface area contributed by atoms with E-state index in [1.807, 2.05) is 86.8 Å². The standard InChI is InChI=1S/C29H34N2O4S/c1-30(2)27-17-11-23(12-18-27)7-4-9-25-15-16-26(29(25)32)10-5-8-24-13-19-28(20-14-24)31(3)21-6-22-36(33,34)35/h4-5,7-14,17-20H,6,15-16,21-22H2,1-3H3,(H,33,34,35)/p-1. The van der Waals surface area contributed by atoms with Crippen LogP contribution in [0.5, 0.6) is 0 Å². The molecule has 7 heteroatoms. The number of carbonyl (C=O) groups is 1. The maximum Gasteiger partial charge on any atom is 0.185 e. The second kappa shape index (κ2) is 12.5. The molecule has 36 heavy (non-hydrogen) atoms. The van der Waals surface area contributed by atoms with Crippen LogP contribution in [0, 0.1) is 0 Å². The molecule has 2 aromatic rings. The van der Waals surface area contributed by atoms with Crippen molar-refractivity contribution in [3.63, 3.8) is 0 Å². The summed E-state index contributed by atoms with van der Waals surface area (Å²) in [5, 5.41) is 0. The second-order valence-electron chi connectivity index (χ2n) is 9.05. The first kappa shape index (κ1) is 27.2. The van der Waals surface area contributed by atoms with Crippen molar-refractivity contribution in [1.29, 1.82) is 0 Å². The third kappa shape index (κ3) is 8.36. The average molecular weight is 506 g/mol. The van der Waals surface area contributed by atoms with E-state index in [0.717, 1.165) is 46.5 Å². The molecule has 0 amide bonds. The molecule has 0 heterocycles. The first-order valence-corrected chi connectivity index (χ1v) is 13.5. The highest BCUT2D eigenvalue weighted by Crippen LogP contribution is 2.26. The van der Waals surface area contributed by atoms with Gasteiger partial charge in [0.25, 0.3) is 0 Å². The molecule has 1 aliphatic carbocycles. The molecule has 3 rings (SSSR count). The fourth-order valence-electron chi connectivity index (χ4n) is 3.90. The molecule has 1 saturated carbocycles. The second-order valence-corrected chi connectivity index (χ2v) is 10.6. The van der Waals surface area contributed by atoms with E-state index in [-0.39, 0.29) is 11.5 Å². The Morgan fingerprint density at radius 1 is 0.806 bits per heavy atom. The third-order valence-electron chi connectivity index (χ3n) is 6.05. The van der Waals surface area contributed by atoms with E-state index in [0.29, 0.717) is 13.0 Å². The SMILES string of the molecule is CN(C)c1ccc(C=CC=C2CCC(=CC=Cc3ccc(N(C)CCCS(=O)(=O)[O-])cc3)C2=O)cc1. The quantitative estimate of drug-likeness (QED) is 0.331. The molecule has 1 fully saturated rings. The Morgan fingerprint density at radius 2 is 1.28 bits per heavy atom. The first-order valence-electron chi connectivity index (χ1n) is 11.9. The van der Waals surface area contributed by atoms with Gasteiger partial charge in [0.2, 0.25) is 0 Å². The van der Waals surface area contributed by atoms with Gasteiger partial charge in [-0.2, -0.15) is 0 Å². The van der Waals surface area contributed by atoms with Crippen LogP contribution in [0.2, 0.25) is 0 Å². The highest BCUT2D eigenvalue weighted by Gasteiger charge is 2.21. The van der Waals surface area contributed by atoms with Crippen LogP contribution in [0.15, 0.2) is 84.0 Å². The maximum atomic E-state index is 12.7. The van der Waals surface area contributed by atoms with Crippen molar-refractivity contribution < 1.29 is 17.8 Å². The number of nitrogens with zero attached hydrogens (tertiary/aromatic N) is 2. The number of benzene rings is 2. The largest absolute Gasteiger partial charge is 0.748 e. The number of hydrogen-bond acceptors (Lipinski definition) is 6.